The van der Waals surface area contributed by atoms with Crippen molar-refractivity contribution in [2.75, 3.05) is 31.1 Å². The summed E-state index contributed by atoms with van der Waals surface area (Å²) in [5.41, 5.74) is 2.84. The van der Waals surface area contributed by atoms with Crippen molar-refractivity contribution < 1.29 is 18.7 Å². The van der Waals surface area contributed by atoms with E-state index >= 15 is 0 Å². The minimum absolute atomic E-state index is 0.143. The molecule has 1 aromatic rings. The van der Waals surface area contributed by atoms with E-state index in [-0.39, 0.29) is 25.0 Å². The number of hydrogen-bond donors (Lipinski definition) is 2. The Balaban J connectivity index is 1.88. The molecule has 7 heteroatoms. The van der Waals surface area contributed by atoms with Gasteiger partial charge in [0, 0.05) is 12.2 Å². The number of carbonyl (C=O) groups excluding carboxylic acids is 2. The second-order valence-electron chi connectivity index (χ2n) is 5.78. The molecule has 0 saturated carbocycles. The van der Waals surface area contributed by atoms with Crippen LogP contribution in [0.2, 0.25) is 0 Å². The molecule has 0 fully saturated rings. The topological polar surface area (TPSA) is 70.7 Å². The number of nitrogens with one attached hydrogen (secondary N) is 2. The number of amides is 2. The van der Waals surface area contributed by atoms with Gasteiger partial charge in [0.2, 0.25) is 0 Å². The molecule has 2 aliphatic rings. The summed E-state index contributed by atoms with van der Waals surface area (Å²) in [6, 6.07) is 4.38. The third-order valence-electron chi connectivity index (χ3n) is 4.18. The molecule has 0 radical (unpaired) electrons. The number of esters is 1. The molecule has 0 atom stereocenters. The number of ether oxygens (including phenoxy) is 1. The fourth-order valence-electron chi connectivity index (χ4n) is 3.08. The molecule has 24 heavy (non-hydrogen) atoms. The van der Waals surface area contributed by atoms with Crippen LogP contribution in [0.1, 0.15) is 18.9 Å². The predicted molar refractivity (Wildman–Crippen MR) is 87.1 cm³/mol. The molecule has 128 valence electrons. The van der Waals surface area contributed by atoms with Crippen molar-refractivity contribution in [2.24, 2.45) is 0 Å². The number of rotatable bonds is 4. The molecular weight excluding hydrogens is 313 g/mol. The average molecular weight is 333 g/mol. The van der Waals surface area contributed by atoms with Crippen molar-refractivity contribution in [3.05, 3.63) is 40.8 Å². The summed E-state index contributed by atoms with van der Waals surface area (Å²) in [4.78, 5) is 25.8. The second kappa shape index (κ2) is 6.90. The van der Waals surface area contributed by atoms with Crippen LogP contribution >= 0.6 is 0 Å². The first kappa shape index (κ1) is 16.3. The highest BCUT2D eigenvalue weighted by Gasteiger charge is 2.26. The van der Waals surface area contributed by atoms with Gasteiger partial charge in [-0.1, -0.05) is 0 Å². The zero-order chi connectivity index (χ0) is 17.1. The van der Waals surface area contributed by atoms with Crippen LogP contribution in [0, 0.1) is 5.82 Å². The normalized spacial score (nSPS) is 17.1. The molecule has 0 bridgehead atoms. The standard InChI is InChI=1S/C17H20FN3O3/c1-2-24-16(22)13-9-19-17(23)20-14(13)10-21-7-3-4-11-8-12(18)5-6-15(11)21/h5-6,8H,2-4,7,9-10H2,1H3,(H2,19,20,23). The highest BCUT2D eigenvalue weighted by molar-refractivity contribution is 5.93. The summed E-state index contributed by atoms with van der Waals surface area (Å²) in [7, 11) is 0. The number of carbonyl (C=O) groups is 2. The van der Waals surface area contributed by atoms with Crippen LogP contribution < -0.4 is 15.5 Å². The van der Waals surface area contributed by atoms with Crippen molar-refractivity contribution in [1.82, 2.24) is 10.6 Å². The van der Waals surface area contributed by atoms with Crippen LogP contribution in [-0.4, -0.2) is 38.2 Å². The molecule has 1 aromatic carbocycles. The number of benzene rings is 1. The number of urea groups is 1. The van der Waals surface area contributed by atoms with E-state index in [4.69, 9.17) is 4.74 Å². The van der Waals surface area contributed by atoms with E-state index in [0.29, 0.717) is 17.8 Å². The van der Waals surface area contributed by atoms with E-state index in [9.17, 15) is 14.0 Å². The summed E-state index contributed by atoms with van der Waals surface area (Å²) in [6.45, 7) is 3.31. The van der Waals surface area contributed by atoms with Gasteiger partial charge in [0.25, 0.3) is 0 Å². The number of fused-ring (bicyclic) bond motifs is 1. The van der Waals surface area contributed by atoms with Gasteiger partial charge in [0.1, 0.15) is 5.82 Å². The van der Waals surface area contributed by atoms with Gasteiger partial charge in [0.05, 0.1) is 31.0 Å². The first-order valence-corrected chi connectivity index (χ1v) is 8.06. The van der Waals surface area contributed by atoms with Crippen molar-refractivity contribution in [3.63, 3.8) is 0 Å². The minimum atomic E-state index is -0.434. The highest BCUT2D eigenvalue weighted by atomic mass is 19.1. The summed E-state index contributed by atoms with van der Waals surface area (Å²) < 4.78 is 18.5. The van der Waals surface area contributed by atoms with Gasteiger partial charge < -0.3 is 20.3 Å². The Labute approximate surface area is 139 Å². The molecule has 0 spiro atoms. The van der Waals surface area contributed by atoms with Crippen LogP contribution in [0.5, 0.6) is 0 Å². The van der Waals surface area contributed by atoms with Gasteiger partial charge in [-0.05, 0) is 43.5 Å². The van der Waals surface area contributed by atoms with Crippen molar-refractivity contribution in [3.8, 4) is 0 Å². The lowest BCUT2D eigenvalue weighted by Gasteiger charge is -2.33. The molecule has 0 saturated heterocycles. The van der Waals surface area contributed by atoms with Crippen molar-refractivity contribution in [1.29, 1.82) is 0 Å². The molecule has 2 heterocycles. The van der Waals surface area contributed by atoms with Gasteiger partial charge in [-0.15, -0.1) is 0 Å². The summed E-state index contributed by atoms with van der Waals surface area (Å²) in [5, 5.41) is 5.30. The Bertz CT molecular complexity index is 702. The van der Waals surface area contributed by atoms with Crippen LogP contribution in [0.3, 0.4) is 0 Å². The number of nitrogens with zero attached hydrogens (tertiary/aromatic N) is 1. The molecule has 2 aliphatic heterocycles. The maximum absolute atomic E-state index is 13.4. The molecule has 0 aliphatic carbocycles. The fraction of sp³-hybridized carbons (Fsp3) is 0.412. The lowest BCUT2D eigenvalue weighted by Crippen LogP contribution is -2.47. The summed E-state index contributed by atoms with van der Waals surface area (Å²) in [6.07, 6.45) is 1.71. The van der Waals surface area contributed by atoms with Gasteiger partial charge >= 0.3 is 12.0 Å². The maximum Gasteiger partial charge on any atom is 0.337 e. The molecule has 3 rings (SSSR count). The van der Waals surface area contributed by atoms with Gasteiger partial charge in [-0.2, -0.15) is 0 Å². The number of anilines is 1. The quantitative estimate of drug-likeness (QED) is 0.823. The third-order valence-corrected chi connectivity index (χ3v) is 4.18. The van der Waals surface area contributed by atoms with E-state index in [2.05, 4.69) is 15.5 Å². The first-order chi connectivity index (χ1) is 11.6. The van der Waals surface area contributed by atoms with Crippen molar-refractivity contribution >= 4 is 17.7 Å². The Morgan fingerprint density at radius 3 is 3.04 bits per heavy atom. The molecule has 2 N–H and O–H groups in total. The maximum atomic E-state index is 13.4. The SMILES string of the molecule is CCOC(=O)C1=C(CN2CCCc3cc(F)ccc32)NC(=O)NC1. The Hall–Kier alpha value is -2.57. The molecule has 2 amide bonds. The largest absolute Gasteiger partial charge is 0.463 e. The Morgan fingerprint density at radius 1 is 1.42 bits per heavy atom. The van der Waals surface area contributed by atoms with Crippen LogP contribution in [0.15, 0.2) is 29.5 Å². The number of halogens is 1. The van der Waals surface area contributed by atoms with Gasteiger partial charge in [-0.3, -0.25) is 0 Å². The fourth-order valence-corrected chi connectivity index (χ4v) is 3.08. The average Bonchev–Trinajstić information content (AvgIpc) is 2.55. The lowest BCUT2D eigenvalue weighted by atomic mass is 10.0. The first-order valence-electron chi connectivity index (χ1n) is 8.06. The molecule has 6 nitrogen and oxygen atoms in total. The number of aryl methyl sites for hydroxylation is 1. The van der Waals surface area contributed by atoms with E-state index < -0.39 is 5.97 Å². The van der Waals surface area contributed by atoms with Gasteiger partial charge in [0.15, 0.2) is 0 Å². The van der Waals surface area contributed by atoms with E-state index in [1.165, 1.54) is 6.07 Å². The van der Waals surface area contributed by atoms with Gasteiger partial charge in [-0.25, -0.2) is 14.0 Å². The van der Waals surface area contributed by atoms with E-state index in [0.717, 1.165) is 30.6 Å². The lowest BCUT2D eigenvalue weighted by molar-refractivity contribution is -0.138. The Kier molecular flexibility index (Phi) is 4.69. The molecule has 0 unspecified atom stereocenters. The number of hydrogen-bond acceptors (Lipinski definition) is 4. The van der Waals surface area contributed by atoms with Crippen molar-refractivity contribution in [2.45, 2.75) is 19.8 Å². The second-order valence-corrected chi connectivity index (χ2v) is 5.78. The smallest absolute Gasteiger partial charge is 0.337 e. The van der Waals surface area contributed by atoms with Crippen LogP contribution in [0.4, 0.5) is 14.9 Å². The van der Waals surface area contributed by atoms with E-state index in [1.807, 2.05) is 0 Å². The van der Waals surface area contributed by atoms with Crippen LogP contribution in [-0.2, 0) is 16.0 Å². The summed E-state index contributed by atoms with van der Waals surface area (Å²) >= 11 is 0. The minimum Gasteiger partial charge on any atom is -0.463 e. The van der Waals surface area contributed by atoms with E-state index in [1.54, 1.807) is 19.1 Å². The zero-order valence-electron chi connectivity index (χ0n) is 13.5. The summed E-state index contributed by atoms with van der Waals surface area (Å²) in [5.74, 6) is -0.687. The predicted octanol–water partition coefficient (Wildman–Crippen LogP) is 1.71. The highest BCUT2D eigenvalue weighted by Crippen LogP contribution is 2.28. The monoisotopic (exact) mass is 333 g/mol. The zero-order valence-corrected chi connectivity index (χ0v) is 13.5. The molecular formula is C17H20FN3O3. The Morgan fingerprint density at radius 2 is 2.25 bits per heavy atom. The van der Waals surface area contributed by atoms with Crippen LogP contribution in [0.25, 0.3) is 0 Å². The molecule has 0 aromatic heterocycles. The third kappa shape index (κ3) is 3.34.